The highest BCUT2D eigenvalue weighted by Crippen LogP contribution is 2.53. The first kappa shape index (κ1) is 49.1. The highest BCUT2D eigenvalue weighted by molar-refractivity contribution is 7.92. The van der Waals surface area contributed by atoms with Crippen molar-refractivity contribution in [1.29, 1.82) is 0 Å². The van der Waals surface area contributed by atoms with E-state index in [0.29, 0.717) is 29.8 Å². The lowest BCUT2D eigenvalue weighted by Gasteiger charge is -2.43. The van der Waals surface area contributed by atoms with E-state index in [0.717, 1.165) is 61.2 Å². The SMILES string of the molecule is CC=Cc1c(-c2ccc(F)cc2)nc(N(CC2CC2c2nc3ccc(CC=CC4=C(c5ccc(F)cc5)C5C=CC=CC5(C)N4C(C)C)cc3c(-c3ccc(F)cc3)c2C=CC)S(C)(=O)=O)nc1C(C)C. The number of benzene rings is 4. The molecule has 71 heavy (non-hydrogen) atoms. The van der Waals surface area contributed by atoms with Crippen LogP contribution in [0.4, 0.5) is 19.1 Å². The number of rotatable bonds is 15. The number of aromatic nitrogens is 3. The third-order valence-electron chi connectivity index (χ3n) is 14.0. The molecule has 0 spiro atoms. The van der Waals surface area contributed by atoms with E-state index >= 15 is 0 Å². The molecule has 0 saturated heterocycles. The van der Waals surface area contributed by atoms with Gasteiger partial charge in [0.15, 0.2) is 0 Å². The van der Waals surface area contributed by atoms with Gasteiger partial charge in [-0.3, -0.25) is 4.98 Å². The van der Waals surface area contributed by atoms with Crippen LogP contribution in [0.1, 0.15) is 100 Å². The van der Waals surface area contributed by atoms with Crippen molar-refractivity contribution in [1.82, 2.24) is 19.9 Å². The average Bonchev–Trinajstić information content (AvgIpc) is 4.05. The topological polar surface area (TPSA) is 79.3 Å². The van der Waals surface area contributed by atoms with Gasteiger partial charge < -0.3 is 4.90 Å². The van der Waals surface area contributed by atoms with Crippen molar-refractivity contribution in [2.75, 3.05) is 17.1 Å². The van der Waals surface area contributed by atoms with Crippen LogP contribution in [0.25, 0.3) is 51.0 Å². The summed E-state index contributed by atoms with van der Waals surface area (Å²) in [6.45, 7) is 14.7. The Balaban J connectivity index is 1.09. The summed E-state index contributed by atoms with van der Waals surface area (Å²) in [6, 6.07) is 25.9. The Bertz CT molecular complexity index is 3300. The largest absolute Gasteiger partial charge is 0.359 e. The highest BCUT2D eigenvalue weighted by Gasteiger charge is 2.48. The fraction of sp³-hybridized carbons (Fsp3) is 0.283. The van der Waals surface area contributed by atoms with Crippen molar-refractivity contribution in [2.24, 2.45) is 11.8 Å². The van der Waals surface area contributed by atoms with Crippen LogP contribution in [0.5, 0.6) is 0 Å². The third kappa shape index (κ3) is 9.68. The summed E-state index contributed by atoms with van der Waals surface area (Å²) in [6.07, 6.45) is 23.4. The monoisotopic (exact) mass is 971 g/mol. The summed E-state index contributed by atoms with van der Waals surface area (Å²) in [7, 11) is -3.89. The normalized spacial score (nSPS) is 20.0. The van der Waals surface area contributed by atoms with Gasteiger partial charge in [0, 0.05) is 57.8 Å². The zero-order chi connectivity index (χ0) is 50.4. The van der Waals surface area contributed by atoms with Crippen molar-refractivity contribution in [3.8, 4) is 22.4 Å². The molecule has 4 aromatic carbocycles. The van der Waals surface area contributed by atoms with Gasteiger partial charge in [0.1, 0.15) is 17.5 Å². The maximum Gasteiger partial charge on any atom is 0.240 e. The van der Waals surface area contributed by atoms with Crippen molar-refractivity contribution >= 4 is 44.6 Å². The second-order valence-corrected chi connectivity index (χ2v) is 21.6. The third-order valence-corrected chi connectivity index (χ3v) is 15.1. The number of fused-ring (bicyclic) bond motifs is 2. The van der Waals surface area contributed by atoms with E-state index in [-0.39, 0.29) is 65.2 Å². The standard InChI is InChI=1S/C60H60F3N5O2S/c1-9-14-47-54(40-20-26-44(61)27-21-40)50-34-39(16-13-18-53-55(41-22-28-45(62)29-23-41)51-17-11-12-33-60(51,7)68(53)38(5)6)19-32-52(50)64-58(47)49-35-43(49)36-67(71(8,69)70)59-65-56(37(3)4)48(15-10-2)57(66-59)42-24-30-46(63)31-25-42/h9-15,17-34,37-38,43,49,51H,16,35-36H2,1-8H3. The minimum absolute atomic E-state index is 0.0669. The van der Waals surface area contributed by atoms with Crippen LogP contribution in [0, 0.1) is 29.3 Å². The minimum atomic E-state index is -3.89. The van der Waals surface area contributed by atoms with E-state index < -0.39 is 10.0 Å². The van der Waals surface area contributed by atoms with Gasteiger partial charge in [-0.2, -0.15) is 0 Å². The van der Waals surface area contributed by atoms with E-state index in [1.165, 1.54) is 47.0 Å². The summed E-state index contributed by atoms with van der Waals surface area (Å²) < 4.78 is 71.9. The Morgan fingerprint density at radius 3 is 2.00 bits per heavy atom. The number of sulfonamides is 1. The first-order chi connectivity index (χ1) is 34.0. The molecule has 3 aliphatic rings. The molecule has 1 aliphatic heterocycles. The van der Waals surface area contributed by atoms with Gasteiger partial charge in [-0.05, 0) is 148 Å². The summed E-state index contributed by atoms with van der Waals surface area (Å²) in [5.41, 5.74) is 10.9. The van der Waals surface area contributed by atoms with E-state index in [1.807, 2.05) is 64.1 Å². The quantitative estimate of drug-likeness (QED) is 0.102. The van der Waals surface area contributed by atoms with Crippen LogP contribution in [0.2, 0.25) is 0 Å². The maximum absolute atomic E-state index is 14.6. The second kappa shape index (κ2) is 19.7. The van der Waals surface area contributed by atoms with Gasteiger partial charge in [0.05, 0.1) is 34.4 Å². The predicted molar refractivity (Wildman–Crippen MR) is 284 cm³/mol. The number of halogens is 3. The van der Waals surface area contributed by atoms with Crippen molar-refractivity contribution in [2.45, 2.75) is 84.7 Å². The van der Waals surface area contributed by atoms with Gasteiger partial charge in [0.25, 0.3) is 0 Å². The first-order valence-electron chi connectivity index (χ1n) is 24.5. The van der Waals surface area contributed by atoms with Gasteiger partial charge >= 0.3 is 0 Å². The molecule has 6 aromatic rings. The molecule has 364 valence electrons. The van der Waals surface area contributed by atoms with E-state index in [2.05, 4.69) is 80.3 Å². The predicted octanol–water partition coefficient (Wildman–Crippen LogP) is 14.3. The summed E-state index contributed by atoms with van der Waals surface area (Å²) >= 11 is 0. The number of hydrogen-bond donors (Lipinski definition) is 0. The van der Waals surface area contributed by atoms with Crippen LogP contribution < -0.4 is 4.31 Å². The average molecular weight is 972 g/mol. The molecule has 1 fully saturated rings. The molecule has 2 aliphatic carbocycles. The van der Waals surface area contributed by atoms with Crippen LogP contribution in [0.3, 0.4) is 0 Å². The highest BCUT2D eigenvalue weighted by atomic mass is 32.2. The zero-order valence-corrected chi connectivity index (χ0v) is 42.4. The molecule has 9 rings (SSSR count). The fourth-order valence-corrected chi connectivity index (χ4v) is 11.6. The summed E-state index contributed by atoms with van der Waals surface area (Å²) in [4.78, 5) is 17.7. The van der Waals surface area contributed by atoms with Crippen LogP contribution in [-0.2, 0) is 16.4 Å². The molecule has 0 N–H and O–H groups in total. The first-order valence-corrected chi connectivity index (χ1v) is 26.3. The Morgan fingerprint density at radius 2 is 1.39 bits per heavy atom. The van der Waals surface area contributed by atoms with Crippen LogP contribution in [-0.4, -0.2) is 52.7 Å². The number of hydrogen-bond acceptors (Lipinski definition) is 6. The molecule has 0 bridgehead atoms. The molecular weight excluding hydrogens is 912 g/mol. The maximum atomic E-state index is 14.6. The van der Waals surface area contributed by atoms with Crippen molar-refractivity contribution < 1.29 is 21.6 Å². The lowest BCUT2D eigenvalue weighted by atomic mass is 9.77. The Hall–Kier alpha value is -6.85. The Morgan fingerprint density at radius 1 is 0.775 bits per heavy atom. The molecule has 0 radical (unpaired) electrons. The van der Waals surface area contributed by atoms with Crippen molar-refractivity contribution in [3.63, 3.8) is 0 Å². The lowest BCUT2D eigenvalue weighted by molar-refractivity contribution is 0.161. The fourth-order valence-electron chi connectivity index (χ4n) is 10.7. The Labute approximate surface area is 416 Å². The zero-order valence-electron chi connectivity index (χ0n) is 41.5. The van der Waals surface area contributed by atoms with Gasteiger partial charge in [0.2, 0.25) is 16.0 Å². The smallest absolute Gasteiger partial charge is 0.240 e. The molecule has 4 unspecified atom stereocenters. The Kier molecular flexibility index (Phi) is 13.7. The van der Waals surface area contributed by atoms with E-state index in [4.69, 9.17) is 15.0 Å². The molecule has 0 amide bonds. The lowest BCUT2D eigenvalue weighted by Crippen LogP contribution is -2.48. The molecule has 7 nitrogen and oxygen atoms in total. The molecule has 3 heterocycles. The molecule has 4 atom stereocenters. The summed E-state index contributed by atoms with van der Waals surface area (Å²) in [5.74, 6) is -1.15. The molecule has 2 aromatic heterocycles. The molecule has 11 heteroatoms. The van der Waals surface area contributed by atoms with Gasteiger partial charge in [-0.1, -0.05) is 98.9 Å². The summed E-state index contributed by atoms with van der Waals surface area (Å²) in [5, 5.41) is 0.920. The number of anilines is 1. The van der Waals surface area contributed by atoms with Gasteiger partial charge in [-0.15, -0.1) is 0 Å². The second-order valence-electron chi connectivity index (χ2n) is 19.7. The number of nitrogens with zero attached hydrogens (tertiary/aromatic N) is 5. The number of pyridine rings is 1. The molecular formula is C60H60F3N5O2S. The number of allylic oxidation sites excluding steroid dienone is 6. The van der Waals surface area contributed by atoms with Crippen molar-refractivity contribution in [3.05, 3.63) is 196 Å². The van der Waals surface area contributed by atoms with Crippen LogP contribution >= 0.6 is 0 Å². The van der Waals surface area contributed by atoms with Gasteiger partial charge in [-0.25, -0.2) is 35.9 Å². The minimum Gasteiger partial charge on any atom is -0.359 e. The molecule has 1 saturated carbocycles. The van der Waals surface area contributed by atoms with Crippen LogP contribution in [0.15, 0.2) is 145 Å². The van der Waals surface area contributed by atoms with E-state index in [9.17, 15) is 21.6 Å². The van der Waals surface area contributed by atoms with E-state index in [1.54, 1.807) is 24.3 Å².